The Kier molecular flexibility index (Phi) is 4.63. The molecule has 0 atom stereocenters. The number of carbonyl (C=O) groups excluding carboxylic acids is 1. The summed E-state index contributed by atoms with van der Waals surface area (Å²) < 4.78 is 5.39. The van der Waals surface area contributed by atoms with E-state index in [0.717, 1.165) is 11.3 Å². The Morgan fingerprint density at radius 1 is 1.47 bits per heavy atom. The van der Waals surface area contributed by atoms with Crippen LogP contribution in [0.2, 0.25) is 0 Å². The Labute approximate surface area is 89.1 Å². The Morgan fingerprint density at radius 3 is 2.93 bits per heavy atom. The lowest BCUT2D eigenvalue weighted by Gasteiger charge is -2.06. The minimum absolute atomic E-state index is 0.190. The lowest BCUT2D eigenvalue weighted by Crippen LogP contribution is -2.23. The molecule has 1 N–H and O–H groups in total. The predicted molar refractivity (Wildman–Crippen MR) is 56.4 cm³/mol. The minimum Gasteiger partial charge on any atom is -0.493 e. The van der Waals surface area contributed by atoms with Crippen LogP contribution in [0.5, 0.6) is 5.75 Å². The van der Waals surface area contributed by atoms with E-state index >= 15 is 0 Å². The van der Waals surface area contributed by atoms with E-state index in [9.17, 15) is 4.79 Å². The Morgan fingerprint density at radius 2 is 2.27 bits per heavy atom. The fraction of sp³-hybridized carbons (Fsp3) is 0.364. The Hall–Kier alpha value is -1.55. The van der Waals surface area contributed by atoms with Crippen molar-refractivity contribution in [1.29, 1.82) is 0 Å². The maximum Gasteiger partial charge on any atom is 0.246 e. The van der Waals surface area contributed by atoms with E-state index in [-0.39, 0.29) is 12.3 Å². The molecular formula is C11H15NO3. The van der Waals surface area contributed by atoms with E-state index in [1.807, 2.05) is 31.2 Å². The van der Waals surface area contributed by atoms with Gasteiger partial charge in [0.2, 0.25) is 5.91 Å². The van der Waals surface area contributed by atoms with Crippen molar-refractivity contribution in [3.05, 3.63) is 29.8 Å². The highest BCUT2D eigenvalue weighted by Crippen LogP contribution is 2.12. The maximum atomic E-state index is 11.0. The normalized spacial score (nSPS) is 9.73. The molecule has 82 valence electrons. The topological polar surface area (TPSA) is 47.6 Å². The fourth-order valence-electron chi connectivity index (χ4n) is 1.13. The molecule has 0 radical (unpaired) electrons. The van der Waals surface area contributed by atoms with Gasteiger partial charge in [0.1, 0.15) is 5.75 Å². The molecule has 15 heavy (non-hydrogen) atoms. The molecule has 0 heterocycles. The largest absolute Gasteiger partial charge is 0.493 e. The van der Waals surface area contributed by atoms with Gasteiger partial charge in [-0.1, -0.05) is 12.1 Å². The van der Waals surface area contributed by atoms with Crippen LogP contribution in [0.25, 0.3) is 0 Å². The van der Waals surface area contributed by atoms with Crippen LogP contribution in [0.3, 0.4) is 0 Å². The van der Waals surface area contributed by atoms with Crippen molar-refractivity contribution in [3.63, 3.8) is 0 Å². The first-order valence-electron chi connectivity index (χ1n) is 4.73. The summed E-state index contributed by atoms with van der Waals surface area (Å²) in [6.45, 7) is 2.34. The molecule has 4 heteroatoms. The van der Waals surface area contributed by atoms with Gasteiger partial charge in [-0.2, -0.15) is 0 Å². The van der Waals surface area contributed by atoms with E-state index in [4.69, 9.17) is 4.74 Å². The number of ether oxygens (including phenoxy) is 1. The molecule has 0 fully saturated rings. The number of hydrogen-bond donors (Lipinski definition) is 1. The molecule has 1 aromatic rings. The third kappa shape index (κ3) is 4.46. The number of aryl methyl sites for hydroxylation is 1. The van der Waals surface area contributed by atoms with Crippen LogP contribution in [0.4, 0.5) is 0 Å². The summed E-state index contributed by atoms with van der Waals surface area (Å²) in [5.41, 5.74) is 3.36. The van der Waals surface area contributed by atoms with Crippen LogP contribution in [-0.2, 0) is 9.63 Å². The van der Waals surface area contributed by atoms with Crippen molar-refractivity contribution < 1.29 is 14.4 Å². The van der Waals surface area contributed by atoms with Crippen molar-refractivity contribution in [2.24, 2.45) is 0 Å². The molecule has 1 amide bonds. The van der Waals surface area contributed by atoms with E-state index in [0.29, 0.717) is 6.61 Å². The summed E-state index contributed by atoms with van der Waals surface area (Å²) in [7, 11) is 1.40. The van der Waals surface area contributed by atoms with Crippen LogP contribution < -0.4 is 10.2 Å². The summed E-state index contributed by atoms with van der Waals surface area (Å²) in [5.74, 6) is 0.588. The van der Waals surface area contributed by atoms with Gasteiger partial charge in [0.25, 0.3) is 0 Å². The van der Waals surface area contributed by atoms with Gasteiger partial charge in [-0.15, -0.1) is 0 Å². The molecule has 0 unspecified atom stereocenters. The third-order valence-electron chi connectivity index (χ3n) is 1.80. The van der Waals surface area contributed by atoms with Crippen LogP contribution in [-0.4, -0.2) is 19.6 Å². The lowest BCUT2D eigenvalue weighted by atomic mass is 10.2. The summed E-state index contributed by atoms with van der Waals surface area (Å²) in [6.07, 6.45) is 0.280. The molecule has 0 aliphatic carbocycles. The summed E-state index contributed by atoms with van der Waals surface area (Å²) >= 11 is 0. The molecule has 0 saturated carbocycles. The number of carbonyl (C=O) groups is 1. The number of benzene rings is 1. The molecule has 0 saturated heterocycles. The van der Waals surface area contributed by atoms with E-state index in [2.05, 4.69) is 10.3 Å². The molecule has 1 rings (SSSR count). The SMILES string of the molecule is CONC(=O)CCOc1cccc(C)c1. The first kappa shape index (κ1) is 11.5. The van der Waals surface area contributed by atoms with Crippen molar-refractivity contribution in [3.8, 4) is 5.75 Å². The average Bonchev–Trinajstić information content (AvgIpc) is 2.18. The minimum atomic E-state index is -0.190. The first-order valence-corrected chi connectivity index (χ1v) is 4.73. The van der Waals surface area contributed by atoms with E-state index in [1.165, 1.54) is 7.11 Å². The Balaban J connectivity index is 2.28. The van der Waals surface area contributed by atoms with Crippen molar-refractivity contribution >= 4 is 5.91 Å². The zero-order chi connectivity index (χ0) is 11.1. The first-order chi connectivity index (χ1) is 7.22. The standard InChI is InChI=1S/C11H15NO3/c1-9-4-3-5-10(8-9)15-7-6-11(13)12-14-2/h3-5,8H,6-7H2,1-2H3,(H,12,13). The van der Waals surface area contributed by atoms with Gasteiger partial charge < -0.3 is 4.74 Å². The average molecular weight is 209 g/mol. The van der Waals surface area contributed by atoms with Gasteiger partial charge in [-0.25, -0.2) is 5.48 Å². The number of hydroxylamine groups is 1. The highest BCUT2D eigenvalue weighted by Gasteiger charge is 2.00. The maximum absolute atomic E-state index is 11.0. The highest BCUT2D eigenvalue weighted by atomic mass is 16.6. The number of nitrogens with one attached hydrogen (secondary N) is 1. The summed E-state index contributed by atoms with van der Waals surface area (Å²) in [4.78, 5) is 15.5. The van der Waals surface area contributed by atoms with Gasteiger partial charge in [-0.3, -0.25) is 9.63 Å². The number of hydrogen-bond acceptors (Lipinski definition) is 3. The molecule has 0 bridgehead atoms. The predicted octanol–water partition coefficient (Wildman–Crippen LogP) is 1.44. The number of amides is 1. The smallest absolute Gasteiger partial charge is 0.246 e. The molecule has 0 aliphatic heterocycles. The number of rotatable bonds is 5. The highest BCUT2D eigenvalue weighted by molar-refractivity contribution is 5.74. The second-order valence-corrected chi connectivity index (χ2v) is 3.14. The van der Waals surface area contributed by atoms with Crippen LogP contribution in [0, 0.1) is 6.92 Å². The van der Waals surface area contributed by atoms with E-state index in [1.54, 1.807) is 0 Å². The zero-order valence-corrected chi connectivity index (χ0v) is 8.95. The van der Waals surface area contributed by atoms with Gasteiger partial charge in [0, 0.05) is 0 Å². The summed E-state index contributed by atoms with van der Waals surface area (Å²) in [6, 6.07) is 7.69. The van der Waals surface area contributed by atoms with Gasteiger partial charge >= 0.3 is 0 Å². The monoisotopic (exact) mass is 209 g/mol. The molecule has 4 nitrogen and oxygen atoms in total. The summed E-state index contributed by atoms with van der Waals surface area (Å²) in [5, 5.41) is 0. The van der Waals surface area contributed by atoms with Crippen molar-refractivity contribution in [1.82, 2.24) is 5.48 Å². The lowest BCUT2D eigenvalue weighted by molar-refractivity contribution is -0.131. The van der Waals surface area contributed by atoms with Crippen LogP contribution in [0.1, 0.15) is 12.0 Å². The van der Waals surface area contributed by atoms with Gasteiger partial charge in [0.05, 0.1) is 20.1 Å². The van der Waals surface area contributed by atoms with Gasteiger partial charge in [0.15, 0.2) is 0 Å². The molecule has 0 spiro atoms. The van der Waals surface area contributed by atoms with Gasteiger partial charge in [-0.05, 0) is 24.6 Å². The van der Waals surface area contributed by atoms with Crippen molar-refractivity contribution in [2.45, 2.75) is 13.3 Å². The molecular weight excluding hydrogens is 194 g/mol. The van der Waals surface area contributed by atoms with Crippen molar-refractivity contribution in [2.75, 3.05) is 13.7 Å². The molecule has 0 aliphatic rings. The zero-order valence-electron chi connectivity index (χ0n) is 8.95. The molecule has 1 aromatic carbocycles. The fourth-order valence-corrected chi connectivity index (χ4v) is 1.13. The third-order valence-corrected chi connectivity index (χ3v) is 1.80. The Bertz CT molecular complexity index is 325. The second kappa shape index (κ2) is 6.03. The van der Waals surface area contributed by atoms with Crippen LogP contribution in [0.15, 0.2) is 24.3 Å². The van der Waals surface area contributed by atoms with Crippen LogP contribution >= 0.6 is 0 Å². The molecule has 0 aromatic heterocycles. The second-order valence-electron chi connectivity index (χ2n) is 3.14. The quantitative estimate of drug-likeness (QED) is 0.746. The van der Waals surface area contributed by atoms with E-state index < -0.39 is 0 Å².